The number of carbonyl (C=O) groups excluding carboxylic acids is 1. The summed E-state index contributed by atoms with van der Waals surface area (Å²) in [5, 5.41) is 0. The minimum atomic E-state index is -0.692. The summed E-state index contributed by atoms with van der Waals surface area (Å²) in [6.45, 7) is 1.53. The second-order valence-electron chi connectivity index (χ2n) is 3.54. The third kappa shape index (κ3) is 1.62. The standard InChI is InChI=1S/C11H11FO/c1-7(13)8-3-2-4-9(5-8)10-6-11(10)12/h2-5,10-11H,6H2,1H3. The Morgan fingerprint density at radius 3 is 2.77 bits per heavy atom. The van der Waals surface area contributed by atoms with Crippen LogP contribution in [0.4, 0.5) is 4.39 Å². The molecule has 0 saturated heterocycles. The van der Waals surface area contributed by atoms with Gasteiger partial charge in [0.05, 0.1) is 0 Å². The van der Waals surface area contributed by atoms with E-state index in [2.05, 4.69) is 0 Å². The Balaban J connectivity index is 2.28. The van der Waals surface area contributed by atoms with Gasteiger partial charge in [0, 0.05) is 11.5 Å². The predicted molar refractivity (Wildman–Crippen MR) is 48.7 cm³/mol. The van der Waals surface area contributed by atoms with Crippen molar-refractivity contribution >= 4 is 5.78 Å². The lowest BCUT2D eigenvalue weighted by Crippen LogP contribution is -1.93. The van der Waals surface area contributed by atoms with E-state index >= 15 is 0 Å². The van der Waals surface area contributed by atoms with E-state index in [4.69, 9.17) is 0 Å². The molecular formula is C11H11FO. The van der Waals surface area contributed by atoms with Crippen LogP contribution in [0.3, 0.4) is 0 Å². The van der Waals surface area contributed by atoms with Crippen molar-refractivity contribution in [3.05, 3.63) is 35.4 Å². The van der Waals surface area contributed by atoms with Crippen molar-refractivity contribution in [2.24, 2.45) is 0 Å². The van der Waals surface area contributed by atoms with Crippen molar-refractivity contribution in [2.45, 2.75) is 25.4 Å². The van der Waals surface area contributed by atoms with E-state index in [-0.39, 0.29) is 11.7 Å². The molecule has 68 valence electrons. The molecule has 0 N–H and O–H groups in total. The van der Waals surface area contributed by atoms with Crippen LogP contribution < -0.4 is 0 Å². The van der Waals surface area contributed by atoms with E-state index in [0.29, 0.717) is 12.0 Å². The molecule has 0 aliphatic heterocycles. The molecule has 1 aromatic rings. The maximum absolute atomic E-state index is 12.7. The van der Waals surface area contributed by atoms with E-state index < -0.39 is 6.17 Å². The number of rotatable bonds is 2. The number of alkyl halides is 1. The smallest absolute Gasteiger partial charge is 0.159 e. The van der Waals surface area contributed by atoms with Crippen molar-refractivity contribution in [3.63, 3.8) is 0 Å². The van der Waals surface area contributed by atoms with Crippen LogP contribution in [0, 0.1) is 0 Å². The van der Waals surface area contributed by atoms with Crippen molar-refractivity contribution in [3.8, 4) is 0 Å². The summed E-state index contributed by atoms with van der Waals surface area (Å²) < 4.78 is 12.7. The largest absolute Gasteiger partial charge is 0.295 e. The highest BCUT2D eigenvalue weighted by Crippen LogP contribution is 2.43. The van der Waals surface area contributed by atoms with Gasteiger partial charge in [-0.15, -0.1) is 0 Å². The van der Waals surface area contributed by atoms with Crippen LogP contribution in [0.2, 0.25) is 0 Å². The zero-order valence-electron chi connectivity index (χ0n) is 7.46. The molecule has 2 rings (SSSR count). The fraction of sp³-hybridized carbons (Fsp3) is 0.364. The third-order valence-corrected chi connectivity index (χ3v) is 2.43. The predicted octanol–water partition coefficient (Wildman–Crippen LogP) is 2.71. The van der Waals surface area contributed by atoms with E-state index in [1.165, 1.54) is 6.92 Å². The molecule has 1 aromatic carbocycles. The first-order valence-electron chi connectivity index (χ1n) is 4.43. The fourth-order valence-electron chi connectivity index (χ4n) is 1.50. The molecule has 1 fully saturated rings. The quantitative estimate of drug-likeness (QED) is 0.636. The summed E-state index contributed by atoms with van der Waals surface area (Å²) in [7, 11) is 0. The number of benzene rings is 1. The summed E-state index contributed by atoms with van der Waals surface area (Å²) in [6.07, 6.45) is -0.0799. The van der Waals surface area contributed by atoms with Crippen LogP contribution in [0.15, 0.2) is 24.3 Å². The summed E-state index contributed by atoms with van der Waals surface area (Å²) >= 11 is 0. The van der Waals surface area contributed by atoms with Crippen molar-refractivity contribution in [1.82, 2.24) is 0 Å². The Hall–Kier alpha value is -1.18. The van der Waals surface area contributed by atoms with Gasteiger partial charge in [0.15, 0.2) is 5.78 Å². The third-order valence-electron chi connectivity index (χ3n) is 2.43. The van der Waals surface area contributed by atoms with Crippen LogP contribution in [0.1, 0.15) is 35.2 Å². The van der Waals surface area contributed by atoms with Crippen molar-refractivity contribution in [1.29, 1.82) is 0 Å². The molecule has 13 heavy (non-hydrogen) atoms. The van der Waals surface area contributed by atoms with E-state index in [1.807, 2.05) is 12.1 Å². The van der Waals surface area contributed by atoms with Gasteiger partial charge in [0.25, 0.3) is 0 Å². The molecule has 1 saturated carbocycles. The molecule has 1 aliphatic carbocycles. The average Bonchev–Trinajstić information content (AvgIpc) is 2.83. The fourth-order valence-corrected chi connectivity index (χ4v) is 1.50. The lowest BCUT2D eigenvalue weighted by atomic mass is 10.1. The molecular weight excluding hydrogens is 167 g/mol. The topological polar surface area (TPSA) is 17.1 Å². The maximum atomic E-state index is 12.7. The molecule has 0 aromatic heterocycles. The molecule has 0 bridgehead atoms. The number of carbonyl (C=O) groups is 1. The minimum absolute atomic E-state index is 0.0397. The SMILES string of the molecule is CC(=O)c1cccc(C2CC2F)c1. The zero-order chi connectivity index (χ0) is 9.42. The Bertz CT molecular complexity index is 346. The number of Topliss-reactive ketones (excluding diaryl/α,β-unsaturated/α-hetero) is 1. The lowest BCUT2D eigenvalue weighted by molar-refractivity contribution is 0.101. The van der Waals surface area contributed by atoms with Gasteiger partial charge in [0.2, 0.25) is 0 Å². The normalized spacial score (nSPS) is 25.7. The van der Waals surface area contributed by atoms with Crippen LogP contribution in [0.5, 0.6) is 0 Å². The maximum Gasteiger partial charge on any atom is 0.159 e. The highest BCUT2D eigenvalue weighted by Gasteiger charge is 2.38. The first-order chi connectivity index (χ1) is 6.18. The number of hydrogen-bond donors (Lipinski definition) is 0. The number of ketones is 1. The Labute approximate surface area is 76.6 Å². The van der Waals surface area contributed by atoms with E-state index in [0.717, 1.165) is 5.56 Å². The average molecular weight is 178 g/mol. The molecule has 1 aliphatic rings. The molecule has 2 atom stereocenters. The van der Waals surface area contributed by atoms with Gasteiger partial charge in [0.1, 0.15) is 6.17 Å². The molecule has 0 radical (unpaired) electrons. The zero-order valence-corrected chi connectivity index (χ0v) is 7.46. The summed E-state index contributed by atoms with van der Waals surface area (Å²) in [5.41, 5.74) is 1.64. The molecule has 2 unspecified atom stereocenters. The van der Waals surface area contributed by atoms with Gasteiger partial charge < -0.3 is 0 Å². The molecule has 0 spiro atoms. The van der Waals surface area contributed by atoms with Crippen molar-refractivity contribution < 1.29 is 9.18 Å². The van der Waals surface area contributed by atoms with Gasteiger partial charge in [-0.3, -0.25) is 4.79 Å². The highest BCUT2D eigenvalue weighted by atomic mass is 19.1. The number of halogens is 1. The number of hydrogen-bond acceptors (Lipinski definition) is 1. The highest BCUT2D eigenvalue weighted by molar-refractivity contribution is 5.94. The van der Waals surface area contributed by atoms with Crippen LogP contribution >= 0.6 is 0 Å². The van der Waals surface area contributed by atoms with E-state index in [1.54, 1.807) is 12.1 Å². The van der Waals surface area contributed by atoms with Crippen molar-refractivity contribution in [2.75, 3.05) is 0 Å². The van der Waals surface area contributed by atoms with Crippen LogP contribution in [-0.4, -0.2) is 12.0 Å². The minimum Gasteiger partial charge on any atom is -0.295 e. The molecule has 1 nitrogen and oxygen atoms in total. The summed E-state index contributed by atoms with van der Waals surface area (Å²) in [6, 6.07) is 7.27. The lowest BCUT2D eigenvalue weighted by Gasteiger charge is -1.99. The summed E-state index contributed by atoms with van der Waals surface area (Å²) in [4.78, 5) is 11.0. The second kappa shape index (κ2) is 2.95. The van der Waals surface area contributed by atoms with Crippen LogP contribution in [0.25, 0.3) is 0 Å². The molecule has 0 amide bonds. The van der Waals surface area contributed by atoms with Gasteiger partial charge in [-0.05, 0) is 25.0 Å². The van der Waals surface area contributed by atoms with Gasteiger partial charge in [-0.25, -0.2) is 4.39 Å². The first-order valence-corrected chi connectivity index (χ1v) is 4.43. The van der Waals surface area contributed by atoms with E-state index in [9.17, 15) is 9.18 Å². The monoisotopic (exact) mass is 178 g/mol. The summed E-state index contributed by atoms with van der Waals surface area (Å²) in [5.74, 6) is 0.0807. The second-order valence-corrected chi connectivity index (χ2v) is 3.54. The van der Waals surface area contributed by atoms with Gasteiger partial charge in [-0.1, -0.05) is 18.2 Å². The van der Waals surface area contributed by atoms with Gasteiger partial charge in [-0.2, -0.15) is 0 Å². The first kappa shape index (κ1) is 8.42. The Kier molecular flexibility index (Phi) is 1.91. The molecule has 2 heteroatoms. The molecule has 0 heterocycles. The Morgan fingerprint density at radius 2 is 2.23 bits per heavy atom. The van der Waals surface area contributed by atoms with Gasteiger partial charge >= 0.3 is 0 Å². The Morgan fingerprint density at radius 1 is 1.54 bits per heavy atom. The van der Waals surface area contributed by atoms with Crippen LogP contribution in [-0.2, 0) is 0 Å².